The number of rotatable bonds is 6. The molecular weight excluding hydrogens is 403 g/mol. The summed E-state index contributed by atoms with van der Waals surface area (Å²) in [6.07, 6.45) is 0. The van der Waals surface area contributed by atoms with Gasteiger partial charge in [0.1, 0.15) is 10.8 Å². The van der Waals surface area contributed by atoms with Crippen LogP contribution < -0.4 is 11.1 Å². The van der Waals surface area contributed by atoms with Crippen LogP contribution in [-0.4, -0.2) is 53.8 Å². The number of primary amides is 1. The molecule has 150 valence electrons. The summed E-state index contributed by atoms with van der Waals surface area (Å²) in [4.78, 5) is 28.3. The van der Waals surface area contributed by atoms with E-state index in [9.17, 15) is 14.0 Å². The lowest BCUT2D eigenvalue weighted by atomic mass is 10.1. The van der Waals surface area contributed by atoms with Crippen molar-refractivity contribution >= 4 is 39.8 Å². The van der Waals surface area contributed by atoms with Crippen molar-refractivity contribution in [3.05, 3.63) is 51.6 Å². The average molecular weight is 425 g/mol. The molecule has 1 atom stereocenters. The van der Waals surface area contributed by atoms with Gasteiger partial charge in [0.05, 0.1) is 11.6 Å². The molecule has 9 heteroatoms. The minimum atomic E-state index is -0.558. The normalized spacial score (nSPS) is 16.7. The van der Waals surface area contributed by atoms with Gasteiger partial charge in [0.2, 0.25) is 5.91 Å². The predicted octanol–water partition coefficient (Wildman–Crippen LogP) is 2.78. The zero-order valence-corrected chi connectivity index (χ0v) is 17.0. The number of nitrogens with two attached hydrogens (primary N) is 1. The molecule has 1 aliphatic heterocycles. The molecular formula is C19H22ClFN4O2S. The van der Waals surface area contributed by atoms with Crippen LogP contribution in [0.5, 0.6) is 0 Å². The zero-order chi connectivity index (χ0) is 20.3. The van der Waals surface area contributed by atoms with E-state index in [0.717, 1.165) is 31.7 Å². The quantitative estimate of drug-likeness (QED) is 0.747. The monoisotopic (exact) mass is 424 g/mol. The Morgan fingerprint density at radius 2 is 2.00 bits per heavy atom. The van der Waals surface area contributed by atoms with Crippen molar-refractivity contribution < 1.29 is 14.0 Å². The maximum Gasteiger partial charge on any atom is 0.251 e. The van der Waals surface area contributed by atoms with Crippen molar-refractivity contribution in [3.8, 4) is 0 Å². The van der Waals surface area contributed by atoms with E-state index >= 15 is 0 Å². The molecule has 2 amide bonds. The van der Waals surface area contributed by atoms with Crippen molar-refractivity contribution in [1.29, 1.82) is 0 Å². The predicted molar refractivity (Wildman–Crippen MR) is 109 cm³/mol. The molecule has 0 spiro atoms. The Bertz CT molecular complexity index is 867. The lowest BCUT2D eigenvalue weighted by Crippen LogP contribution is -2.52. The molecule has 1 aliphatic rings. The third-order valence-corrected chi connectivity index (χ3v) is 6.09. The average Bonchev–Trinajstić information content (AvgIpc) is 3.12. The van der Waals surface area contributed by atoms with Crippen LogP contribution in [0.2, 0.25) is 5.02 Å². The third kappa shape index (κ3) is 4.88. The summed E-state index contributed by atoms with van der Waals surface area (Å²) in [5.41, 5.74) is 6.53. The number of amides is 2. The highest BCUT2D eigenvalue weighted by Crippen LogP contribution is 2.24. The fourth-order valence-corrected chi connectivity index (χ4v) is 4.20. The van der Waals surface area contributed by atoms with Gasteiger partial charge in [0, 0.05) is 37.7 Å². The smallest absolute Gasteiger partial charge is 0.251 e. The van der Waals surface area contributed by atoms with Gasteiger partial charge in [-0.2, -0.15) is 0 Å². The van der Waals surface area contributed by atoms with Crippen molar-refractivity contribution in [2.24, 2.45) is 5.73 Å². The van der Waals surface area contributed by atoms with Crippen LogP contribution in [0.15, 0.2) is 29.6 Å². The SMILES string of the molecule is CC(C(=O)Nc1sccc1C(N)=O)N1CCN(Cc2ccc(F)cc2Cl)CC1. The first kappa shape index (κ1) is 20.7. The summed E-state index contributed by atoms with van der Waals surface area (Å²) in [5.74, 6) is -1.07. The first-order valence-corrected chi connectivity index (χ1v) is 10.2. The fourth-order valence-electron chi connectivity index (χ4n) is 3.18. The lowest BCUT2D eigenvalue weighted by Gasteiger charge is -2.37. The van der Waals surface area contributed by atoms with E-state index in [1.54, 1.807) is 17.5 Å². The Morgan fingerprint density at radius 1 is 1.29 bits per heavy atom. The minimum Gasteiger partial charge on any atom is -0.366 e. The van der Waals surface area contributed by atoms with E-state index in [1.165, 1.54) is 23.5 Å². The van der Waals surface area contributed by atoms with Crippen molar-refractivity contribution in [2.45, 2.75) is 19.5 Å². The van der Waals surface area contributed by atoms with Crippen LogP contribution in [0.25, 0.3) is 0 Å². The van der Waals surface area contributed by atoms with Gasteiger partial charge in [-0.3, -0.25) is 19.4 Å². The van der Waals surface area contributed by atoms with E-state index in [4.69, 9.17) is 17.3 Å². The maximum absolute atomic E-state index is 13.2. The Hall–Kier alpha value is -2.00. The highest BCUT2D eigenvalue weighted by atomic mass is 35.5. The number of carbonyl (C=O) groups is 2. The molecule has 1 saturated heterocycles. The lowest BCUT2D eigenvalue weighted by molar-refractivity contribution is -0.121. The summed E-state index contributed by atoms with van der Waals surface area (Å²) in [7, 11) is 0. The van der Waals surface area contributed by atoms with Crippen molar-refractivity contribution in [1.82, 2.24) is 9.80 Å². The number of halogens is 2. The molecule has 3 N–H and O–H groups in total. The second kappa shape index (κ2) is 9.00. The first-order valence-electron chi connectivity index (χ1n) is 8.93. The Kier molecular flexibility index (Phi) is 6.66. The molecule has 1 fully saturated rings. The zero-order valence-electron chi connectivity index (χ0n) is 15.5. The van der Waals surface area contributed by atoms with Crippen LogP contribution in [0.4, 0.5) is 9.39 Å². The van der Waals surface area contributed by atoms with Crippen molar-refractivity contribution in [2.75, 3.05) is 31.5 Å². The summed E-state index contributed by atoms with van der Waals surface area (Å²) in [5, 5.41) is 5.43. The van der Waals surface area contributed by atoms with Gasteiger partial charge in [-0.25, -0.2) is 4.39 Å². The van der Waals surface area contributed by atoms with Crippen LogP contribution >= 0.6 is 22.9 Å². The molecule has 0 bridgehead atoms. The second-order valence-electron chi connectivity index (χ2n) is 6.74. The Morgan fingerprint density at radius 3 is 2.64 bits per heavy atom. The van der Waals surface area contributed by atoms with E-state index in [1.807, 2.05) is 6.92 Å². The number of anilines is 1. The summed E-state index contributed by atoms with van der Waals surface area (Å²) in [6, 6.07) is 5.71. The summed E-state index contributed by atoms with van der Waals surface area (Å²) in [6.45, 7) is 5.48. The van der Waals surface area contributed by atoms with Crippen molar-refractivity contribution in [3.63, 3.8) is 0 Å². The van der Waals surface area contributed by atoms with E-state index in [2.05, 4.69) is 15.1 Å². The molecule has 28 heavy (non-hydrogen) atoms. The Balaban J connectivity index is 1.53. The van der Waals surface area contributed by atoms with E-state index in [0.29, 0.717) is 22.1 Å². The molecule has 6 nitrogen and oxygen atoms in total. The number of hydrogen-bond donors (Lipinski definition) is 2. The van der Waals surface area contributed by atoms with Gasteiger partial charge in [-0.1, -0.05) is 17.7 Å². The van der Waals surface area contributed by atoms with E-state index < -0.39 is 5.91 Å². The highest BCUT2D eigenvalue weighted by molar-refractivity contribution is 7.14. The highest BCUT2D eigenvalue weighted by Gasteiger charge is 2.26. The number of nitrogens with zero attached hydrogens (tertiary/aromatic N) is 2. The van der Waals surface area contributed by atoms with Crippen LogP contribution in [-0.2, 0) is 11.3 Å². The van der Waals surface area contributed by atoms with Gasteiger partial charge in [-0.05, 0) is 36.1 Å². The van der Waals surface area contributed by atoms with Crippen LogP contribution in [0, 0.1) is 5.82 Å². The molecule has 1 unspecified atom stereocenters. The number of nitrogens with one attached hydrogen (secondary N) is 1. The second-order valence-corrected chi connectivity index (χ2v) is 8.06. The standard InChI is InChI=1S/C19H22ClFN4O2S/c1-12(18(27)23-19-15(17(22)26)4-9-28-19)25-7-5-24(6-8-25)11-13-2-3-14(21)10-16(13)20/h2-4,9-10,12H,5-8,11H2,1H3,(H2,22,26)(H,23,27). The van der Waals surface area contributed by atoms with Crippen LogP contribution in [0.1, 0.15) is 22.8 Å². The van der Waals surface area contributed by atoms with Gasteiger partial charge in [-0.15, -0.1) is 11.3 Å². The third-order valence-electron chi connectivity index (χ3n) is 4.91. The van der Waals surface area contributed by atoms with E-state index in [-0.39, 0.29) is 17.8 Å². The fraction of sp³-hybridized carbons (Fsp3) is 0.368. The summed E-state index contributed by atoms with van der Waals surface area (Å²) >= 11 is 7.39. The minimum absolute atomic E-state index is 0.167. The number of thiophene rings is 1. The topological polar surface area (TPSA) is 78.7 Å². The molecule has 0 radical (unpaired) electrons. The molecule has 2 aromatic rings. The van der Waals surface area contributed by atoms with Gasteiger partial charge in [0.15, 0.2) is 0 Å². The van der Waals surface area contributed by atoms with Gasteiger partial charge in [0.25, 0.3) is 5.91 Å². The maximum atomic E-state index is 13.2. The number of piperazine rings is 1. The number of benzene rings is 1. The molecule has 0 aliphatic carbocycles. The molecule has 3 rings (SSSR count). The summed E-state index contributed by atoms with van der Waals surface area (Å²) < 4.78 is 13.2. The molecule has 1 aromatic carbocycles. The van der Waals surface area contributed by atoms with Gasteiger partial charge < -0.3 is 11.1 Å². The Labute approximate surface area is 172 Å². The first-order chi connectivity index (χ1) is 13.3. The number of carbonyl (C=O) groups excluding carboxylic acids is 2. The molecule has 2 heterocycles. The van der Waals surface area contributed by atoms with Gasteiger partial charge >= 0.3 is 0 Å². The number of hydrogen-bond acceptors (Lipinski definition) is 5. The molecule has 1 aromatic heterocycles. The largest absolute Gasteiger partial charge is 0.366 e. The van der Waals surface area contributed by atoms with Crippen LogP contribution in [0.3, 0.4) is 0 Å². The molecule has 0 saturated carbocycles.